The molecule has 0 atom stereocenters. The van der Waals surface area contributed by atoms with Gasteiger partial charge in [0.2, 0.25) is 11.8 Å². The molecule has 0 bridgehead atoms. The molecular formula is C9H14N2O2S. The molecule has 1 rings (SSSR count). The summed E-state index contributed by atoms with van der Waals surface area (Å²) in [6.45, 7) is 2.79. The van der Waals surface area contributed by atoms with Gasteiger partial charge in [0.15, 0.2) is 0 Å². The Morgan fingerprint density at radius 3 is 3.07 bits per heavy atom. The van der Waals surface area contributed by atoms with Gasteiger partial charge >= 0.3 is 0 Å². The van der Waals surface area contributed by atoms with E-state index in [9.17, 15) is 4.79 Å². The Kier molecular flexibility index (Phi) is 4.39. The molecule has 0 saturated heterocycles. The summed E-state index contributed by atoms with van der Waals surface area (Å²) < 4.78 is 0. The van der Waals surface area contributed by atoms with Crippen LogP contribution in [-0.2, 0) is 11.2 Å². The van der Waals surface area contributed by atoms with Crippen LogP contribution in [0.25, 0.3) is 0 Å². The molecule has 0 saturated carbocycles. The molecule has 1 aromatic heterocycles. The van der Waals surface area contributed by atoms with Crippen LogP contribution in [0.1, 0.15) is 24.8 Å². The molecule has 0 aliphatic heterocycles. The minimum Gasteiger partial charge on any atom is -0.493 e. The number of hydrogen-bond acceptors (Lipinski definition) is 4. The van der Waals surface area contributed by atoms with E-state index >= 15 is 0 Å². The van der Waals surface area contributed by atoms with Crippen molar-refractivity contribution in [2.45, 2.75) is 26.2 Å². The zero-order valence-electron chi connectivity index (χ0n) is 8.12. The number of aromatic nitrogens is 1. The van der Waals surface area contributed by atoms with E-state index in [-0.39, 0.29) is 18.2 Å². The lowest BCUT2D eigenvalue weighted by Gasteiger charge is -2.01. The lowest BCUT2D eigenvalue weighted by molar-refractivity contribution is -0.120. The molecule has 14 heavy (non-hydrogen) atoms. The molecule has 4 nitrogen and oxygen atoms in total. The third kappa shape index (κ3) is 3.74. The number of hydrogen-bond donors (Lipinski definition) is 2. The number of amides is 1. The van der Waals surface area contributed by atoms with Crippen molar-refractivity contribution in [3.8, 4) is 5.88 Å². The maximum absolute atomic E-state index is 11.3. The highest BCUT2D eigenvalue weighted by molar-refractivity contribution is 7.09. The fourth-order valence-corrected chi connectivity index (χ4v) is 1.64. The quantitative estimate of drug-likeness (QED) is 0.726. The Morgan fingerprint density at radius 2 is 2.50 bits per heavy atom. The van der Waals surface area contributed by atoms with Crippen LogP contribution in [0, 0.1) is 0 Å². The summed E-state index contributed by atoms with van der Waals surface area (Å²) in [7, 11) is 0. The standard InChI is InChI=1S/C9H14N2O2S/c1-2-3-4-10-7(12)5-9-11-8(13)6-14-9/h6,13H,2-5H2,1H3,(H,10,12). The van der Waals surface area contributed by atoms with Gasteiger partial charge in [-0.15, -0.1) is 11.3 Å². The molecule has 0 aliphatic carbocycles. The van der Waals surface area contributed by atoms with Gasteiger partial charge in [0.05, 0.1) is 11.8 Å². The number of thiazole rings is 1. The van der Waals surface area contributed by atoms with Gasteiger partial charge in [0, 0.05) is 6.54 Å². The van der Waals surface area contributed by atoms with Gasteiger partial charge in [0.1, 0.15) is 5.01 Å². The molecule has 78 valence electrons. The largest absolute Gasteiger partial charge is 0.493 e. The number of aromatic hydroxyl groups is 1. The first-order valence-corrected chi connectivity index (χ1v) is 5.50. The first-order valence-electron chi connectivity index (χ1n) is 4.62. The van der Waals surface area contributed by atoms with E-state index in [2.05, 4.69) is 17.2 Å². The lowest BCUT2D eigenvalue weighted by Crippen LogP contribution is -2.25. The van der Waals surface area contributed by atoms with Crippen molar-refractivity contribution < 1.29 is 9.90 Å². The first-order chi connectivity index (χ1) is 6.72. The molecule has 1 heterocycles. The van der Waals surface area contributed by atoms with Crippen LogP contribution in [0.4, 0.5) is 0 Å². The van der Waals surface area contributed by atoms with Crippen molar-refractivity contribution in [3.05, 3.63) is 10.4 Å². The van der Waals surface area contributed by atoms with Crippen molar-refractivity contribution in [3.63, 3.8) is 0 Å². The molecule has 0 aromatic carbocycles. The average Bonchev–Trinajstić information content (AvgIpc) is 2.52. The highest BCUT2D eigenvalue weighted by Gasteiger charge is 2.06. The van der Waals surface area contributed by atoms with Crippen LogP contribution in [0.3, 0.4) is 0 Å². The number of rotatable bonds is 5. The fourth-order valence-electron chi connectivity index (χ4n) is 0.987. The Labute approximate surface area is 87.0 Å². The number of carbonyl (C=O) groups is 1. The third-order valence-corrected chi connectivity index (χ3v) is 2.54. The summed E-state index contributed by atoms with van der Waals surface area (Å²) in [5, 5.41) is 13.9. The molecule has 1 aromatic rings. The molecular weight excluding hydrogens is 200 g/mol. The van der Waals surface area contributed by atoms with Gasteiger partial charge in [-0.3, -0.25) is 4.79 Å². The predicted molar refractivity (Wildman–Crippen MR) is 55.4 cm³/mol. The van der Waals surface area contributed by atoms with E-state index in [1.165, 1.54) is 16.7 Å². The molecule has 0 aliphatic rings. The average molecular weight is 214 g/mol. The maximum Gasteiger partial charge on any atom is 0.226 e. The van der Waals surface area contributed by atoms with Crippen molar-refractivity contribution in [1.29, 1.82) is 0 Å². The van der Waals surface area contributed by atoms with E-state index in [1.54, 1.807) is 0 Å². The van der Waals surface area contributed by atoms with Gasteiger partial charge in [-0.1, -0.05) is 13.3 Å². The fraction of sp³-hybridized carbons (Fsp3) is 0.556. The molecule has 0 fully saturated rings. The van der Waals surface area contributed by atoms with E-state index < -0.39 is 0 Å². The number of nitrogens with one attached hydrogen (secondary N) is 1. The lowest BCUT2D eigenvalue weighted by atomic mass is 10.3. The summed E-state index contributed by atoms with van der Waals surface area (Å²) in [6.07, 6.45) is 2.32. The Morgan fingerprint density at radius 1 is 1.71 bits per heavy atom. The second kappa shape index (κ2) is 5.59. The number of unbranched alkanes of at least 4 members (excludes halogenated alkanes) is 1. The van der Waals surface area contributed by atoms with Crippen LogP contribution in [-0.4, -0.2) is 22.5 Å². The van der Waals surface area contributed by atoms with Crippen LogP contribution in [0.15, 0.2) is 5.38 Å². The summed E-state index contributed by atoms with van der Waals surface area (Å²) >= 11 is 1.30. The van der Waals surface area contributed by atoms with E-state index in [1.807, 2.05) is 0 Å². The van der Waals surface area contributed by atoms with Gasteiger partial charge < -0.3 is 10.4 Å². The molecule has 0 spiro atoms. The molecule has 5 heteroatoms. The van der Waals surface area contributed by atoms with E-state index in [0.717, 1.165) is 12.8 Å². The Balaban J connectivity index is 2.27. The SMILES string of the molecule is CCCCNC(=O)Cc1nc(O)cs1. The van der Waals surface area contributed by atoms with Crippen molar-refractivity contribution >= 4 is 17.2 Å². The summed E-state index contributed by atoms with van der Waals surface area (Å²) in [5.74, 6) is -0.0424. The zero-order chi connectivity index (χ0) is 10.4. The first kappa shape index (κ1) is 11.0. The molecule has 0 radical (unpaired) electrons. The highest BCUT2D eigenvalue weighted by atomic mass is 32.1. The normalized spacial score (nSPS) is 10.1. The Hall–Kier alpha value is -1.10. The van der Waals surface area contributed by atoms with Gasteiger partial charge in [-0.05, 0) is 6.42 Å². The van der Waals surface area contributed by atoms with Crippen molar-refractivity contribution in [1.82, 2.24) is 10.3 Å². The smallest absolute Gasteiger partial charge is 0.226 e. The van der Waals surface area contributed by atoms with Gasteiger partial charge in [-0.2, -0.15) is 0 Å². The van der Waals surface area contributed by atoms with E-state index in [4.69, 9.17) is 5.11 Å². The molecule has 2 N–H and O–H groups in total. The second-order valence-electron chi connectivity index (χ2n) is 2.98. The monoisotopic (exact) mass is 214 g/mol. The molecule has 1 amide bonds. The van der Waals surface area contributed by atoms with Crippen LogP contribution in [0.5, 0.6) is 5.88 Å². The van der Waals surface area contributed by atoms with Crippen LogP contribution < -0.4 is 5.32 Å². The minimum atomic E-state index is -0.0344. The summed E-state index contributed by atoms with van der Waals surface area (Å²) in [4.78, 5) is 15.1. The summed E-state index contributed by atoms with van der Waals surface area (Å²) in [5.41, 5.74) is 0. The highest BCUT2D eigenvalue weighted by Crippen LogP contribution is 2.14. The van der Waals surface area contributed by atoms with Gasteiger partial charge in [0.25, 0.3) is 0 Å². The number of carbonyl (C=O) groups excluding carboxylic acids is 1. The van der Waals surface area contributed by atoms with Gasteiger partial charge in [-0.25, -0.2) is 4.98 Å². The number of nitrogens with zero attached hydrogens (tertiary/aromatic N) is 1. The summed E-state index contributed by atoms with van der Waals surface area (Å²) in [6, 6.07) is 0. The minimum absolute atomic E-state index is 0.00800. The van der Waals surface area contributed by atoms with Crippen molar-refractivity contribution in [2.75, 3.05) is 6.54 Å². The zero-order valence-corrected chi connectivity index (χ0v) is 8.93. The Bertz CT molecular complexity index is 299. The van der Waals surface area contributed by atoms with Crippen molar-refractivity contribution in [2.24, 2.45) is 0 Å². The predicted octanol–water partition coefficient (Wildman–Crippen LogP) is 1.31. The second-order valence-corrected chi connectivity index (χ2v) is 3.92. The van der Waals surface area contributed by atoms with Crippen LogP contribution >= 0.6 is 11.3 Å². The maximum atomic E-state index is 11.3. The van der Waals surface area contributed by atoms with E-state index in [0.29, 0.717) is 11.6 Å². The third-order valence-electron chi connectivity index (χ3n) is 1.70. The van der Waals surface area contributed by atoms with Crippen LogP contribution in [0.2, 0.25) is 0 Å². The topological polar surface area (TPSA) is 62.2 Å². The molecule has 0 unspecified atom stereocenters.